The van der Waals surface area contributed by atoms with Crippen molar-refractivity contribution in [2.75, 3.05) is 0 Å². The van der Waals surface area contributed by atoms with E-state index in [-0.39, 0.29) is 0 Å². The Morgan fingerprint density at radius 3 is 2.84 bits per heavy atom. The summed E-state index contributed by atoms with van der Waals surface area (Å²) in [7, 11) is 0. The van der Waals surface area contributed by atoms with Gasteiger partial charge in [-0.2, -0.15) is 5.10 Å². The van der Waals surface area contributed by atoms with E-state index in [0.29, 0.717) is 18.8 Å². The minimum Gasteiger partial charge on any atom is -0.373 e. The van der Waals surface area contributed by atoms with Gasteiger partial charge in [-0.05, 0) is 31.4 Å². The van der Waals surface area contributed by atoms with Crippen molar-refractivity contribution in [2.45, 2.75) is 38.0 Å². The molecule has 1 aliphatic rings. The Morgan fingerprint density at radius 2 is 2.11 bits per heavy atom. The van der Waals surface area contributed by atoms with Gasteiger partial charge in [0.15, 0.2) is 0 Å². The molecule has 1 heterocycles. The first-order valence-corrected chi connectivity index (χ1v) is 6.77. The fourth-order valence-corrected chi connectivity index (χ4v) is 2.50. The molecule has 19 heavy (non-hydrogen) atoms. The standard InChI is InChI=1S/C15H19N3O/c16-13-6-7-15(8-13)19-11-12-9-17-18(10-12)14-4-2-1-3-5-14/h1-5,9-10,13,15H,6-8,11,16H2. The molecule has 0 aliphatic heterocycles. The van der Waals surface area contributed by atoms with E-state index >= 15 is 0 Å². The van der Waals surface area contributed by atoms with E-state index in [9.17, 15) is 0 Å². The predicted octanol–water partition coefficient (Wildman–Crippen LogP) is 2.27. The summed E-state index contributed by atoms with van der Waals surface area (Å²) in [6, 6.07) is 10.4. The molecule has 4 nitrogen and oxygen atoms in total. The molecule has 0 spiro atoms. The highest BCUT2D eigenvalue weighted by Crippen LogP contribution is 2.21. The van der Waals surface area contributed by atoms with E-state index in [2.05, 4.69) is 5.10 Å². The summed E-state index contributed by atoms with van der Waals surface area (Å²) in [6.45, 7) is 0.615. The summed E-state index contributed by atoms with van der Waals surface area (Å²) < 4.78 is 7.75. The van der Waals surface area contributed by atoms with Gasteiger partial charge in [0, 0.05) is 17.8 Å². The average Bonchev–Trinajstić information content (AvgIpc) is 3.06. The molecule has 2 N–H and O–H groups in total. The molecule has 1 fully saturated rings. The van der Waals surface area contributed by atoms with Gasteiger partial charge in [-0.3, -0.25) is 0 Å². The number of ether oxygens (including phenoxy) is 1. The van der Waals surface area contributed by atoms with Gasteiger partial charge < -0.3 is 10.5 Å². The van der Waals surface area contributed by atoms with Crippen molar-refractivity contribution in [1.29, 1.82) is 0 Å². The first-order valence-electron chi connectivity index (χ1n) is 6.77. The Morgan fingerprint density at radius 1 is 1.26 bits per heavy atom. The molecule has 2 unspecified atom stereocenters. The molecule has 1 aromatic heterocycles. The van der Waals surface area contributed by atoms with Crippen LogP contribution in [-0.4, -0.2) is 21.9 Å². The van der Waals surface area contributed by atoms with Crippen molar-refractivity contribution >= 4 is 0 Å². The highest BCUT2D eigenvalue weighted by molar-refractivity contribution is 5.30. The Bertz CT molecular complexity index is 523. The first kappa shape index (κ1) is 12.4. The Hall–Kier alpha value is -1.65. The number of aromatic nitrogens is 2. The lowest BCUT2D eigenvalue weighted by Crippen LogP contribution is -2.17. The zero-order chi connectivity index (χ0) is 13.1. The Balaban J connectivity index is 1.59. The van der Waals surface area contributed by atoms with Crippen molar-refractivity contribution in [3.8, 4) is 5.69 Å². The topological polar surface area (TPSA) is 53.1 Å². The van der Waals surface area contributed by atoms with Gasteiger partial charge >= 0.3 is 0 Å². The molecule has 1 aliphatic carbocycles. The van der Waals surface area contributed by atoms with Crippen LogP contribution in [0.4, 0.5) is 0 Å². The van der Waals surface area contributed by atoms with Gasteiger partial charge in [-0.1, -0.05) is 18.2 Å². The molecule has 1 saturated carbocycles. The average molecular weight is 257 g/mol. The minimum atomic E-state index is 0.315. The zero-order valence-electron chi connectivity index (χ0n) is 10.9. The molecule has 4 heteroatoms. The molecule has 0 saturated heterocycles. The monoisotopic (exact) mass is 257 g/mol. The van der Waals surface area contributed by atoms with E-state index in [1.54, 1.807) is 0 Å². The van der Waals surface area contributed by atoms with Crippen molar-refractivity contribution in [3.05, 3.63) is 48.3 Å². The van der Waals surface area contributed by atoms with Gasteiger partial charge in [0.25, 0.3) is 0 Å². The van der Waals surface area contributed by atoms with Gasteiger partial charge in [-0.15, -0.1) is 0 Å². The molecule has 100 valence electrons. The summed E-state index contributed by atoms with van der Waals surface area (Å²) in [5.74, 6) is 0. The normalized spacial score (nSPS) is 22.8. The predicted molar refractivity (Wildman–Crippen MR) is 74.0 cm³/mol. The summed E-state index contributed by atoms with van der Waals surface area (Å²) >= 11 is 0. The highest BCUT2D eigenvalue weighted by Gasteiger charge is 2.22. The van der Waals surface area contributed by atoms with Crippen LogP contribution in [0.1, 0.15) is 24.8 Å². The van der Waals surface area contributed by atoms with Gasteiger partial charge in [0.1, 0.15) is 0 Å². The van der Waals surface area contributed by atoms with E-state index in [1.807, 2.05) is 47.4 Å². The van der Waals surface area contributed by atoms with Crippen LogP contribution < -0.4 is 5.73 Å². The second-order valence-electron chi connectivity index (χ2n) is 5.13. The Kier molecular flexibility index (Phi) is 3.62. The van der Waals surface area contributed by atoms with Crippen LogP contribution in [0.2, 0.25) is 0 Å². The maximum absolute atomic E-state index is 5.88. The first-order chi connectivity index (χ1) is 9.31. The number of para-hydroxylation sites is 1. The number of hydrogen-bond acceptors (Lipinski definition) is 3. The summed E-state index contributed by atoms with van der Waals surface area (Å²) in [4.78, 5) is 0. The number of nitrogens with two attached hydrogens (primary N) is 1. The molecule has 2 atom stereocenters. The summed E-state index contributed by atoms with van der Waals surface area (Å²) in [5.41, 5.74) is 8.05. The third kappa shape index (κ3) is 3.03. The van der Waals surface area contributed by atoms with E-state index in [4.69, 9.17) is 10.5 Å². The van der Waals surface area contributed by atoms with Crippen LogP contribution in [0.3, 0.4) is 0 Å². The third-order valence-electron chi connectivity index (χ3n) is 3.57. The second kappa shape index (κ2) is 5.55. The Labute approximate surface area is 113 Å². The molecule has 0 amide bonds. The smallest absolute Gasteiger partial charge is 0.0751 e. The number of benzene rings is 1. The summed E-state index contributed by atoms with van der Waals surface area (Å²) in [5, 5.41) is 4.36. The molecular weight excluding hydrogens is 238 g/mol. The van der Waals surface area contributed by atoms with Crippen LogP contribution in [0.25, 0.3) is 5.69 Å². The molecule has 0 bridgehead atoms. The van der Waals surface area contributed by atoms with E-state index < -0.39 is 0 Å². The van der Waals surface area contributed by atoms with Crippen molar-refractivity contribution in [1.82, 2.24) is 9.78 Å². The minimum absolute atomic E-state index is 0.315. The fraction of sp³-hybridized carbons (Fsp3) is 0.400. The van der Waals surface area contributed by atoms with Crippen LogP contribution in [-0.2, 0) is 11.3 Å². The van der Waals surface area contributed by atoms with Crippen LogP contribution in [0.15, 0.2) is 42.7 Å². The van der Waals surface area contributed by atoms with Crippen LogP contribution in [0.5, 0.6) is 0 Å². The van der Waals surface area contributed by atoms with Gasteiger partial charge in [0.05, 0.1) is 24.6 Å². The lowest BCUT2D eigenvalue weighted by molar-refractivity contribution is 0.0448. The SMILES string of the molecule is NC1CCC(OCc2cnn(-c3ccccc3)c2)C1. The lowest BCUT2D eigenvalue weighted by Gasteiger charge is -2.09. The van der Waals surface area contributed by atoms with E-state index in [1.165, 1.54) is 0 Å². The van der Waals surface area contributed by atoms with Gasteiger partial charge in [0.2, 0.25) is 0 Å². The molecular formula is C15H19N3O. The quantitative estimate of drug-likeness (QED) is 0.914. The second-order valence-corrected chi connectivity index (χ2v) is 5.13. The van der Waals surface area contributed by atoms with E-state index in [0.717, 1.165) is 30.5 Å². The molecule has 1 aromatic carbocycles. The molecule has 2 aromatic rings. The third-order valence-corrected chi connectivity index (χ3v) is 3.57. The van der Waals surface area contributed by atoms with Gasteiger partial charge in [-0.25, -0.2) is 4.68 Å². The number of rotatable bonds is 4. The molecule has 0 radical (unpaired) electrons. The van der Waals surface area contributed by atoms with Crippen molar-refractivity contribution in [2.24, 2.45) is 5.73 Å². The maximum Gasteiger partial charge on any atom is 0.0751 e. The van der Waals surface area contributed by atoms with Crippen LogP contribution in [0, 0.1) is 0 Å². The lowest BCUT2D eigenvalue weighted by atomic mass is 10.3. The highest BCUT2D eigenvalue weighted by atomic mass is 16.5. The summed E-state index contributed by atoms with van der Waals surface area (Å²) in [6.07, 6.45) is 7.33. The molecule has 3 rings (SSSR count). The van der Waals surface area contributed by atoms with Crippen LogP contribution >= 0.6 is 0 Å². The fourth-order valence-electron chi connectivity index (χ4n) is 2.50. The number of nitrogens with zero attached hydrogens (tertiary/aromatic N) is 2. The van der Waals surface area contributed by atoms with Crippen molar-refractivity contribution in [3.63, 3.8) is 0 Å². The largest absolute Gasteiger partial charge is 0.373 e. The zero-order valence-corrected chi connectivity index (χ0v) is 10.9. The maximum atomic E-state index is 5.88. The number of hydrogen-bond donors (Lipinski definition) is 1. The van der Waals surface area contributed by atoms with Crippen molar-refractivity contribution < 1.29 is 4.74 Å².